The van der Waals surface area contributed by atoms with E-state index >= 15 is 0 Å². The van der Waals surface area contributed by atoms with Gasteiger partial charge in [-0.05, 0) is 29.3 Å². The molecule has 1 aliphatic heterocycles. The highest BCUT2D eigenvalue weighted by atomic mass is 16.5. The molecule has 0 aromatic heterocycles. The van der Waals surface area contributed by atoms with E-state index in [0.29, 0.717) is 23.6 Å². The number of hydrogen-bond acceptors (Lipinski definition) is 4. The van der Waals surface area contributed by atoms with E-state index in [2.05, 4.69) is 5.32 Å². The van der Waals surface area contributed by atoms with Crippen LogP contribution in [0.3, 0.4) is 0 Å². The molecule has 31 heavy (non-hydrogen) atoms. The quantitative estimate of drug-likeness (QED) is 0.619. The molecule has 2 amide bonds. The third kappa shape index (κ3) is 3.84. The molecular weight excluding hydrogens is 392 g/mol. The smallest absolute Gasteiger partial charge is 0.337 e. The minimum atomic E-state index is -0.701. The van der Waals surface area contributed by atoms with Crippen LogP contribution in [0, 0.1) is 0 Å². The molecule has 1 aliphatic rings. The molecular formula is C25H24N2O4. The molecule has 0 saturated carbocycles. The molecule has 1 unspecified atom stereocenters. The number of nitrogens with zero attached hydrogens (tertiary/aromatic N) is 1. The van der Waals surface area contributed by atoms with Gasteiger partial charge in [0.25, 0.3) is 0 Å². The van der Waals surface area contributed by atoms with E-state index in [1.807, 2.05) is 66.7 Å². The Balaban J connectivity index is 1.87. The lowest BCUT2D eigenvalue weighted by molar-refractivity contribution is -0.136. The molecule has 3 aromatic carbocycles. The van der Waals surface area contributed by atoms with Crippen molar-refractivity contribution in [2.75, 3.05) is 14.2 Å². The zero-order chi connectivity index (χ0) is 22.0. The fourth-order valence-corrected chi connectivity index (χ4v) is 3.86. The van der Waals surface area contributed by atoms with Gasteiger partial charge in [0.2, 0.25) is 0 Å². The number of amides is 2. The minimum Gasteiger partial charge on any atom is -0.489 e. The first-order chi connectivity index (χ1) is 15.0. The highest BCUT2D eigenvalue weighted by molar-refractivity contribution is 5.98. The van der Waals surface area contributed by atoms with Gasteiger partial charge in [0.15, 0.2) is 0 Å². The maximum Gasteiger partial charge on any atom is 0.337 e. The number of nitrogens with one attached hydrogen (secondary N) is 1. The van der Waals surface area contributed by atoms with E-state index in [-0.39, 0.29) is 6.03 Å². The van der Waals surface area contributed by atoms with Crippen molar-refractivity contribution in [1.29, 1.82) is 0 Å². The third-order valence-corrected chi connectivity index (χ3v) is 5.62. The molecule has 0 fully saturated rings. The number of benzene rings is 3. The van der Waals surface area contributed by atoms with Crippen LogP contribution in [0.2, 0.25) is 0 Å². The molecule has 0 aliphatic carbocycles. The van der Waals surface area contributed by atoms with Gasteiger partial charge in [0, 0.05) is 18.3 Å². The number of methoxy groups -OCH3 is 1. The van der Waals surface area contributed by atoms with Gasteiger partial charge in [-0.3, -0.25) is 0 Å². The number of esters is 1. The normalized spacial score (nSPS) is 16.3. The predicted octanol–water partition coefficient (Wildman–Crippen LogP) is 4.56. The van der Waals surface area contributed by atoms with E-state index in [9.17, 15) is 9.59 Å². The van der Waals surface area contributed by atoms with Crippen LogP contribution in [-0.2, 0) is 16.1 Å². The summed E-state index contributed by atoms with van der Waals surface area (Å²) in [5.74, 6) is 0.114. The summed E-state index contributed by atoms with van der Waals surface area (Å²) in [6.45, 7) is 2.11. The van der Waals surface area contributed by atoms with Crippen molar-refractivity contribution in [3.63, 3.8) is 0 Å². The molecule has 0 bridgehead atoms. The average Bonchev–Trinajstić information content (AvgIpc) is 2.80. The van der Waals surface area contributed by atoms with Gasteiger partial charge in [0.1, 0.15) is 12.4 Å². The van der Waals surface area contributed by atoms with Crippen LogP contribution in [0.4, 0.5) is 4.79 Å². The fourth-order valence-electron chi connectivity index (χ4n) is 3.86. The first kappa shape index (κ1) is 20.5. The first-order valence-corrected chi connectivity index (χ1v) is 10.0. The number of rotatable bonds is 5. The molecule has 0 saturated heterocycles. The summed E-state index contributed by atoms with van der Waals surface area (Å²) in [5, 5.41) is 4.84. The van der Waals surface area contributed by atoms with Gasteiger partial charge in [-0.25, -0.2) is 9.59 Å². The Bertz CT molecular complexity index is 1170. The summed E-state index contributed by atoms with van der Waals surface area (Å²) in [7, 11) is 2.96. The average molecular weight is 416 g/mol. The number of allylic oxidation sites excluding steroid dienone is 1. The van der Waals surface area contributed by atoms with Gasteiger partial charge in [0.05, 0.1) is 18.7 Å². The molecule has 3 aromatic rings. The van der Waals surface area contributed by atoms with Crippen LogP contribution < -0.4 is 10.1 Å². The first-order valence-electron chi connectivity index (χ1n) is 10.0. The van der Waals surface area contributed by atoms with Crippen molar-refractivity contribution in [3.8, 4) is 5.75 Å². The van der Waals surface area contributed by atoms with Crippen LogP contribution in [-0.4, -0.2) is 31.1 Å². The van der Waals surface area contributed by atoms with Crippen molar-refractivity contribution in [2.24, 2.45) is 0 Å². The van der Waals surface area contributed by atoms with Gasteiger partial charge in [-0.2, -0.15) is 0 Å². The zero-order valence-corrected chi connectivity index (χ0v) is 17.7. The van der Waals surface area contributed by atoms with Crippen LogP contribution in [0.25, 0.3) is 10.8 Å². The van der Waals surface area contributed by atoms with E-state index in [1.54, 1.807) is 14.0 Å². The van der Waals surface area contributed by atoms with E-state index in [0.717, 1.165) is 21.9 Å². The molecule has 1 atom stereocenters. The third-order valence-electron chi connectivity index (χ3n) is 5.62. The highest BCUT2D eigenvalue weighted by Crippen LogP contribution is 2.40. The Labute approximate surface area is 181 Å². The largest absolute Gasteiger partial charge is 0.489 e. The molecule has 1 N–H and O–H groups in total. The molecule has 1 heterocycles. The Kier molecular flexibility index (Phi) is 5.62. The monoisotopic (exact) mass is 416 g/mol. The maximum atomic E-state index is 12.7. The van der Waals surface area contributed by atoms with Gasteiger partial charge >= 0.3 is 12.0 Å². The van der Waals surface area contributed by atoms with Crippen LogP contribution in [0.5, 0.6) is 5.75 Å². The number of urea groups is 1. The Morgan fingerprint density at radius 3 is 2.48 bits per heavy atom. The summed E-state index contributed by atoms with van der Waals surface area (Å²) >= 11 is 0. The molecule has 6 heteroatoms. The molecule has 6 nitrogen and oxygen atoms in total. The number of carbonyl (C=O) groups is 2. The summed E-state index contributed by atoms with van der Waals surface area (Å²) in [5.41, 5.74) is 2.68. The van der Waals surface area contributed by atoms with Gasteiger partial charge < -0.3 is 19.7 Å². The zero-order valence-electron chi connectivity index (χ0n) is 17.7. The van der Waals surface area contributed by atoms with Crippen LogP contribution in [0.15, 0.2) is 78.0 Å². The predicted molar refractivity (Wildman–Crippen MR) is 118 cm³/mol. The Morgan fingerprint density at radius 1 is 1.03 bits per heavy atom. The lowest BCUT2D eigenvalue weighted by Gasteiger charge is -2.34. The van der Waals surface area contributed by atoms with Crippen molar-refractivity contribution >= 4 is 22.8 Å². The van der Waals surface area contributed by atoms with Crippen LogP contribution in [0.1, 0.15) is 24.1 Å². The van der Waals surface area contributed by atoms with Crippen molar-refractivity contribution < 1.29 is 19.1 Å². The lowest BCUT2D eigenvalue weighted by Crippen LogP contribution is -2.46. The lowest BCUT2D eigenvalue weighted by atomic mass is 9.90. The summed E-state index contributed by atoms with van der Waals surface area (Å²) < 4.78 is 11.3. The SMILES string of the molecule is COC(=O)C1=C(C)N(C)C(=O)NC1c1c(OCc2ccccc2)ccc2ccccc12. The summed E-state index contributed by atoms with van der Waals surface area (Å²) in [6.07, 6.45) is 0. The molecule has 158 valence electrons. The number of ether oxygens (including phenoxy) is 2. The molecule has 0 radical (unpaired) electrons. The Morgan fingerprint density at radius 2 is 1.74 bits per heavy atom. The van der Waals surface area contributed by atoms with E-state index in [1.165, 1.54) is 12.0 Å². The van der Waals surface area contributed by atoms with Gasteiger partial charge in [-0.1, -0.05) is 60.7 Å². The van der Waals surface area contributed by atoms with E-state index < -0.39 is 12.0 Å². The molecule has 4 rings (SSSR count). The standard InChI is InChI=1S/C25H24N2O4/c1-16-21(24(28)30-3)23(26-25(29)27(16)2)22-19-12-8-7-11-18(19)13-14-20(22)31-15-17-9-5-4-6-10-17/h4-14,23H,15H2,1-3H3,(H,26,29). The topological polar surface area (TPSA) is 67.9 Å². The maximum absolute atomic E-state index is 12.7. The van der Waals surface area contributed by atoms with Crippen molar-refractivity contribution in [2.45, 2.75) is 19.6 Å². The fraction of sp³-hybridized carbons (Fsp3) is 0.200. The Hall–Kier alpha value is -3.80. The second kappa shape index (κ2) is 8.52. The second-order valence-corrected chi connectivity index (χ2v) is 7.40. The summed E-state index contributed by atoms with van der Waals surface area (Å²) in [4.78, 5) is 26.8. The van der Waals surface area contributed by atoms with Crippen LogP contribution >= 0.6 is 0 Å². The van der Waals surface area contributed by atoms with Crippen molar-refractivity contribution in [3.05, 3.63) is 89.1 Å². The summed E-state index contributed by atoms with van der Waals surface area (Å²) in [6, 6.07) is 20.5. The highest BCUT2D eigenvalue weighted by Gasteiger charge is 2.37. The van der Waals surface area contributed by atoms with Gasteiger partial charge in [-0.15, -0.1) is 0 Å². The number of carbonyl (C=O) groups excluding carboxylic acids is 2. The molecule has 0 spiro atoms. The number of fused-ring (bicyclic) bond motifs is 1. The number of hydrogen-bond donors (Lipinski definition) is 1. The second-order valence-electron chi connectivity index (χ2n) is 7.40. The van der Waals surface area contributed by atoms with Crippen molar-refractivity contribution in [1.82, 2.24) is 10.2 Å². The van der Waals surface area contributed by atoms with E-state index in [4.69, 9.17) is 9.47 Å². The minimum absolute atomic E-state index is 0.294.